The molecule has 3 rings (SSSR count). The van der Waals surface area contributed by atoms with Crippen molar-refractivity contribution in [2.24, 2.45) is 0 Å². The van der Waals surface area contributed by atoms with Crippen molar-refractivity contribution in [3.8, 4) is 5.75 Å². The van der Waals surface area contributed by atoms with E-state index in [9.17, 15) is 18.0 Å². The lowest BCUT2D eigenvalue weighted by Crippen LogP contribution is -2.32. The van der Waals surface area contributed by atoms with Crippen molar-refractivity contribution in [1.82, 2.24) is 4.90 Å². The Hall–Kier alpha value is -3.07. The van der Waals surface area contributed by atoms with E-state index in [-0.39, 0.29) is 28.7 Å². The molecular formula is C21H24N2O6S. The summed E-state index contributed by atoms with van der Waals surface area (Å²) in [6, 6.07) is 10.8. The fourth-order valence-corrected chi connectivity index (χ4v) is 4.37. The van der Waals surface area contributed by atoms with Crippen molar-refractivity contribution < 1.29 is 27.5 Å². The predicted molar refractivity (Wildman–Crippen MR) is 111 cm³/mol. The van der Waals surface area contributed by atoms with Crippen molar-refractivity contribution in [1.29, 1.82) is 0 Å². The molecule has 0 saturated carbocycles. The summed E-state index contributed by atoms with van der Waals surface area (Å²) in [7, 11) is -2.69. The fraction of sp³-hybridized carbons (Fsp3) is 0.333. The van der Waals surface area contributed by atoms with Crippen LogP contribution in [0.1, 0.15) is 28.8 Å². The van der Waals surface area contributed by atoms with Gasteiger partial charge < -0.3 is 14.4 Å². The molecular weight excluding hydrogens is 408 g/mol. The van der Waals surface area contributed by atoms with Crippen LogP contribution in [0.25, 0.3) is 0 Å². The number of rotatable bonds is 7. The van der Waals surface area contributed by atoms with E-state index >= 15 is 0 Å². The van der Waals surface area contributed by atoms with Crippen molar-refractivity contribution in [3.05, 3.63) is 53.6 Å². The summed E-state index contributed by atoms with van der Waals surface area (Å²) in [5.41, 5.74) is 1.38. The number of benzene rings is 2. The zero-order chi connectivity index (χ0) is 21.7. The van der Waals surface area contributed by atoms with Gasteiger partial charge in [-0.15, -0.1) is 0 Å². The SMILES string of the molecule is COc1ccc(C(=O)OCC(=O)N2CCCC2)cc1S(=O)(=O)Nc1ccc(C)cc1. The third kappa shape index (κ3) is 5.10. The number of aryl methyl sites for hydroxylation is 1. The number of esters is 1. The average molecular weight is 432 g/mol. The normalized spacial score (nSPS) is 13.7. The van der Waals surface area contributed by atoms with Crippen LogP contribution < -0.4 is 9.46 Å². The molecule has 9 heteroatoms. The first-order valence-electron chi connectivity index (χ1n) is 9.52. The first-order valence-corrected chi connectivity index (χ1v) is 11.0. The summed E-state index contributed by atoms with van der Waals surface area (Å²) < 4.78 is 38.5. The molecule has 1 saturated heterocycles. The molecule has 2 aromatic rings. The number of amides is 1. The first-order chi connectivity index (χ1) is 14.3. The Labute approximate surface area is 175 Å². The van der Waals surface area contributed by atoms with Crippen LogP contribution in [0.3, 0.4) is 0 Å². The average Bonchev–Trinajstić information content (AvgIpc) is 3.28. The number of nitrogens with one attached hydrogen (secondary N) is 1. The predicted octanol–water partition coefficient (Wildman–Crippen LogP) is 2.58. The van der Waals surface area contributed by atoms with Gasteiger partial charge in [0.1, 0.15) is 10.6 Å². The van der Waals surface area contributed by atoms with E-state index in [0.29, 0.717) is 18.8 Å². The van der Waals surface area contributed by atoms with Crippen LogP contribution in [0.2, 0.25) is 0 Å². The zero-order valence-corrected chi connectivity index (χ0v) is 17.7. The highest BCUT2D eigenvalue weighted by Crippen LogP contribution is 2.27. The van der Waals surface area contributed by atoms with E-state index in [1.165, 1.54) is 25.3 Å². The van der Waals surface area contributed by atoms with E-state index in [0.717, 1.165) is 18.4 Å². The number of hydrogen-bond donors (Lipinski definition) is 1. The third-order valence-corrected chi connectivity index (χ3v) is 6.18. The van der Waals surface area contributed by atoms with Gasteiger partial charge in [0.2, 0.25) is 0 Å². The highest BCUT2D eigenvalue weighted by atomic mass is 32.2. The Kier molecular flexibility index (Phi) is 6.61. The Bertz CT molecular complexity index is 1030. The number of ether oxygens (including phenoxy) is 2. The molecule has 1 N–H and O–H groups in total. The molecule has 0 aromatic heterocycles. The molecule has 0 spiro atoms. The largest absolute Gasteiger partial charge is 0.495 e. The number of carbonyl (C=O) groups excluding carboxylic acids is 2. The van der Waals surface area contributed by atoms with E-state index in [4.69, 9.17) is 9.47 Å². The molecule has 1 fully saturated rings. The molecule has 1 heterocycles. The maximum atomic E-state index is 12.9. The van der Waals surface area contributed by atoms with Gasteiger partial charge in [-0.25, -0.2) is 13.2 Å². The second-order valence-corrected chi connectivity index (χ2v) is 8.65. The summed E-state index contributed by atoms with van der Waals surface area (Å²) in [5.74, 6) is -0.959. The van der Waals surface area contributed by atoms with Crippen LogP contribution in [0.15, 0.2) is 47.4 Å². The van der Waals surface area contributed by atoms with Crippen molar-refractivity contribution in [2.75, 3.05) is 31.5 Å². The van der Waals surface area contributed by atoms with Crippen LogP contribution >= 0.6 is 0 Å². The fourth-order valence-electron chi connectivity index (χ4n) is 3.11. The summed E-state index contributed by atoms with van der Waals surface area (Å²) in [6.45, 7) is 2.83. The standard InChI is InChI=1S/C21H24N2O6S/c1-15-5-8-17(9-6-15)22-30(26,27)19-13-16(7-10-18(19)28-2)21(25)29-14-20(24)23-11-3-4-12-23/h5-10,13,22H,3-4,11-12,14H2,1-2H3. The summed E-state index contributed by atoms with van der Waals surface area (Å²) in [6.07, 6.45) is 1.88. The highest BCUT2D eigenvalue weighted by Gasteiger charge is 2.24. The second-order valence-electron chi connectivity index (χ2n) is 7.00. The minimum Gasteiger partial charge on any atom is -0.495 e. The van der Waals surface area contributed by atoms with Crippen LogP contribution in [0.4, 0.5) is 5.69 Å². The van der Waals surface area contributed by atoms with Crippen LogP contribution in [-0.2, 0) is 19.6 Å². The van der Waals surface area contributed by atoms with Gasteiger partial charge in [0, 0.05) is 18.8 Å². The summed E-state index contributed by atoms with van der Waals surface area (Å²) >= 11 is 0. The number of sulfonamides is 1. The van der Waals surface area contributed by atoms with E-state index in [1.54, 1.807) is 29.2 Å². The van der Waals surface area contributed by atoms with Gasteiger partial charge in [0.15, 0.2) is 6.61 Å². The quantitative estimate of drug-likeness (QED) is 0.675. The number of nitrogens with zero attached hydrogens (tertiary/aromatic N) is 1. The van der Waals surface area contributed by atoms with Crippen LogP contribution in [0, 0.1) is 6.92 Å². The molecule has 0 radical (unpaired) electrons. The second kappa shape index (κ2) is 9.17. The molecule has 1 aliphatic rings. The van der Waals surface area contributed by atoms with Gasteiger partial charge in [-0.3, -0.25) is 9.52 Å². The van der Waals surface area contributed by atoms with Crippen molar-refractivity contribution >= 4 is 27.6 Å². The topological polar surface area (TPSA) is 102 Å². The Morgan fingerprint density at radius 2 is 1.73 bits per heavy atom. The molecule has 0 bridgehead atoms. The van der Waals surface area contributed by atoms with Gasteiger partial charge >= 0.3 is 5.97 Å². The molecule has 2 aromatic carbocycles. The lowest BCUT2D eigenvalue weighted by atomic mass is 10.2. The molecule has 0 aliphatic carbocycles. The lowest BCUT2D eigenvalue weighted by molar-refractivity contribution is -0.133. The maximum absolute atomic E-state index is 12.9. The Morgan fingerprint density at radius 3 is 2.37 bits per heavy atom. The molecule has 30 heavy (non-hydrogen) atoms. The number of anilines is 1. The van der Waals surface area contributed by atoms with E-state index < -0.39 is 16.0 Å². The van der Waals surface area contributed by atoms with Gasteiger partial charge in [-0.2, -0.15) is 0 Å². The minimum atomic E-state index is -4.03. The molecule has 0 unspecified atom stereocenters. The van der Waals surface area contributed by atoms with Gasteiger partial charge in [0.05, 0.1) is 12.7 Å². The van der Waals surface area contributed by atoms with Gasteiger partial charge in [-0.1, -0.05) is 17.7 Å². The molecule has 0 atom stereocenters. The van der Waals surface area contributed by atoms with Gasteiger partial charge in [0.25, 0.3) is 15.9 Å². The Balaban J connectivity index is 1.77. The maximum Gasteiger partial charge on any atom is 0.338 e. The molecule has 160 valence electrons. The Morgan fingerprint density at radius 1 is 1.07 bits per heavy atom. The number of hydrogen-bond acceptors (Lipinski definition) is 6. The van der Waals surface area contributed by atoms with Crippen LogP contribution in [-0.4, -0.2) is 52.0 Å². The number of likely N-dealkylation sites (tertiary alicyclic amines) is 1. The summed E-state index contributed by atoms with van der Waals surface area (Å²) in [5, 5.41) is 0. The van der Waals surface area contributed by atoms with Gasteiger partial charge in [-0.05, 0) is 50.1 Å². The number of methoxy groups -OCH3 is 1. The van der Waals surface area contributed by atoms with E-state index in [1.807, 2.05) is 6.92 Å². The molecule has 8 nitrogen and oxygen atoms in total. The highest BCUT2D eigenvalue weighted by molar-refractivity contribution is 7.92. The minimum absolute atomic E-state index is 0.00861. The lowest BCUT2D eigenvalue weighted by Gasteiger charge is -2.15. The van der Waals surface area contributed by atoms with Crippen molar-refractivity contribution in [3.63, 3.8) is 0 Å². The first kappa shape index (κ1) is 21.6. The van der Waals surface area contributed by atoms with Crippen LogP contribution in [0.5, 0.6) is 5.75 Å². The monoisotopic (exact) mass is 432 g/mol. The zero-order valence-electron chi connectivity index (χ0n) is 16.9. The number of carbonyl (C=O) groups is 2. The van der Waals surface area contributed by atoms with Crippen molar-refractivity contribution in [2.45, 2.75) is 24.7 Å². The third-order valence-electron chi connectivity index (χ3n) is 4.78. The summed E-state index contributed by atoms with van der Waals surface area (Å²) in [4.78, 5) is 25.9. The smallest absolute Gasteiger partial charge is 0.338 e. The van der Waals surface area contributed by atoms with E-state index in [2.05, 4.69) is 4.72 Å². The molecule has 1 aliphatic heterocycles. The molecule has 1 amide bonds.